The highest BCUT2D eigenvalue weighted by molar-refractivity contribution is 5.76. The number of rotatable bonds is 64. The Bertz CT molecular complexity index is 1620. The molecule has 1 amide bonds. The van der Waals surface area contributed by atoms with Gasteiger partial charge in [0.25, 0.3) is 0 Å². The minimum absolute atomic E-state index is 0.0740. The summed E-state index contributed by atoms with van der Waals surface area (Å²) in [5.74, 6) is -0.0740. The maximum Gasteiger partial charge on any atom is 0.220 e. The minimum atomic E-state index is -0.854. The molecule has 0 aliphatic rings. The smallest absolute Gasteiger partial charge is 0.220 e. The van der Waals surface area contributed by atoms with Crippen LogP contribution in [-0.2, 0) is 4.79 Å². The van der Waals surface area contributed by atoms with Crippen LogP contribution in [0.2, 0.25) is 0 Å². The minimum Gasteiger partial charge on any atom is -0.394 e. The molecule has 0 aromatic heterocycles. The van der Waals surface area contributed by atoms with Crippen molar-refractivity contribution in [3.8, 4) is 0 Å². The van der Waals surface area contributed by atoms with Gasteiger partial charge in [-0.15, -0.1) is 0 Å². The molecule has 2 atom stereocenters. The summed E-state index contributed by atoms with van der Waals surface area (Å²) >= 11 is 0. The molecule has 0 radical (unpaired) electrons. The van der Waals surface area contributed by atoms with E-state index in [0.29, 0.717) is 6.42 Å². The highest BCUT2D eigenvalue weighted by Crippen LogP contribution is 2.18. The number of carbonyl (C=O) groups excluding carboxylic acids is 1. The molecule has 0 bridgehead atoms. The number of amides is 1. The Labute approximate surface area is 511 Å². The molecule has 0 aliphatic carbocycles. The lowest BCUT2D eigenvalue weighted by Gasteiger charge is -2.20. The standard InChI is InChI=1S/C78H135NO3/c1-3-5-7-9-11-13-15-17-19-21-23-25-27-29-31-33-35-36-37-38-39-40-41-42-44-46-48-50-52-54-56-58-60-62-64-66-68-70-72-74-78(82)79-76(75-80)77(81)73-71-69-67-65-63-61-59-57-55-53-51-49-47-45-43-34-32-30-28-26-24-22-20-18-16-14-12-10-8-6-4-2/h5,7,11,13,17,19,23,25,29,31,35-36,38-39,41-42,46,48,52,54,71,73,76-77,80-81H,3-4,6,8-10,12,14-16,18,20-22,24,26-28,30,32-34,37,40,43-45,47,49-51,53,55-70,72,74-75H2,1-2H3,(H,79,82)/b7-5-,13-11-,19-17-,25-23-,31-29-,36-35-,39-38-,42-41-,48-46-,54-52-,73-71+. The predicted octanol–water partition coefficient (Wildman–Crippen LogP) is 24.5. The monoisotopic (exact) mass is 1130 g/mol. The third-order valence-electron chi connectivity index (χ3n) is 15.6. The molecule has 0 aromatic carbocycles. The zero-order valence-electron chi connectivity index (χ0n) is 54.2. The van der Waals surface area contributed by atoms with Gasteiger partial charge in [-0.1, -0.05) is 366 Å². The van der Waals surface area contributed by atoms with Crippen molar-refractivity contribution >= 4 is 5.91 Å². The van der Waals surface area contributed by atoms with Gasteiger partial charge in [-0.25, -0.2) is 0 Å². The largest absolute Gasteiger partial charge is 0.394 e. The van der Waals surface area contributed by atoms with Crippen LogP contribution in [0.3, 0.4) is 0 Å². The van der Waals surface area contributed by atoms with Crippen LogP contribution in [0, 0.1) is 0 Å². The number of nitrogens with one attached hydrogen (secondary N) is 1. The molecule has 0 saturated heterocycles. The average Bonchev–Trinajstić information content (AvgIpc) is 3.50. The molecule has 3 N–H and O–H groups in total. The van der Waals surface area contributed by atoms with Gasteiger partial charge in [0.05, 0.1) is 18.8 Å². The Kier molecular flexibility index (Phi) is 68.8. The van der Waals surface area contributed by atoms with E-state index in [1.807, 2.05) is 6.08 Å². The van der Waals surface area contributed by atoms with E-state index in [2.05, 4.69) is 141 Å². The first-order valence-electron chi connectivity index (χ1n) is 35.4. The van der Waals surface area contributed by atoms with E-state index in [1.54, 1.807) is 6.08 Å². The maximum absolute atomic E-state index is 12.5. The van der Waals surface area contributed by atoms with Crippen LogP contribution in [0.25, 0.3) is 0 Å². The lowest BCUT2D eigenvalue weighted by molar-refractivity contribution is -0.123. The lowest BCUT2D eigenvalue weighted by Crippen LogP contribution is -2.45. The second-order valence-electron chi connectivity index (χ2n) is 23.6. The summed E-state index contributed by atoms with van der Waals surface area (Å²) in [6.07, 6.45) is 111. The normalized spacial score (nSPS) is 13.6. The summed E-state index contributed by atoms with van der Waals surface area (Å²) in [7, 11) is 0. The van der Waals surface area contributed by atoms with Gasteiger partial charge in [-0.2, -0.15) is 0 Å². The molecule has 0 rings (SSSR count). The number of hydrogen-bond donors (Lipinski definition) is 3. The molecule has 0 aromatic rings. The Morgan fingerprint density at radius 3 is 0.805 bits per heavy atom. The summed E-state index contributed by atoms with van der Waals surface area (Å²) < 4.78 is 0. The molecule has 0 saturated carbocycles. The van der Waals surface area contributed by atoms with Gasteiger partial charge in [0.2, 0.25) is 5.91 Å². The van der Waals surface area contributed by atoms with Crippen LogP contribution in [-0.4, -0.2) is 34.9 Å². The van der Waals surface area contributed by atoms with Crippen molar-refractivity contribution < 1.29 is 15.0 Å². The fraction of sp³-hybridized carbons (Fsp3) is 0.705. The van der Waals surface area contributed by atoms with Crippen LogP contribution in [0.4, 0.5) is 0 Å². The molecule has 470 valence electrons. The van der Waals surface area contributed by atoms with Gasteiger partial charge in [0.15, 0.2) is 0 Å². The fourth-order valence-electron chi connectivity index (χ4n) is 10.3. The van der Waals surface area contributed by atoms with E-state index >= 15 is 0 Å². The number of hydrogen-bond acceptors (Lipinski definition) is 3. The van der Waals surface area contributed by atoms with Crippen molar-refractivity contribution in [3.63, 3.8) is 0 Å². The van der Waals surface area contributed by atoms with Gasteiger partial charge in [-0.05, 0) is 96.3 Å². The Morgan fingerprint density at radius 2 is 0.537 bits per heavy atom. The Balaban J connectivity index is 3.57. The van der Waals surface area contributed by atoms with Gasteiger partial charge >= 0.3 is 0 Å². The molecule has 0 aliphatic heterocycles. The fourth-order valence-corrected chi connectivity index (χ4v) is 10.3. The van der Waals surface area contributed by atoms with Crippen molar-refractivity contribution in [3.05, 3.63) is 134 Å². The molecule has 4 heteroatoms. The molecule has 4 nitrogen and oxygen atoms in total. The molecule has 82 heavy (non-hydrogen) atoms. The number of aliphatic hydroxyl groups is 2. The van der Waals surface area contributed by atoms with Gasteiger partial charge in [0, 0.05) is 6.42 Å². The molecular weight excluding hydrogens is 999 g/mol. The summed E-state index contributed by atoms with van der Waals surface area (Å²) in [5, 5.41) is 23.3. The second kappa shape index (κ2) is 71.8. The van der Waals surface area contributed by atoms with Crippen LogP contribution >= 0.6 is 0 Å². The first-order valence-corrected chi connectivity index (χ1v) is 35.4. The van der Waals surface area contributed by atoms with E-state index in [1.165, 1.54) is 212 Å². The van der Waals surface area contributed by atoms with E-state index < -0.39 is 12.1 Å². The molecule has 2 unspecified atom stereocenters. The number of aliphatic hydroxyl groups excluding tert-OH is 2. The van der Waals surface area contributed by atoms with Crippen molar-refractivity contribution in [1.82, 2.24) is 5.32 Å². The van der Waals surface area contributed by atoms with E-state index in [-0.39, 0.29) is 12.5 Å². The summed E-state index contributed by atoms with van der Waals surface area (Å²) in [5.41, 5.74) is 0. The zero-order valence-corrected chi connectivity index (χ0v) is 54.2. The second-order valence-corrected chi connectivity index (χ2v) is 23.6. The molecule has 0 fully saturated rings. The van der Waals surface area contributed by atoms with Gasteiger partial charge in [0.1, 0.15) is 0 Å². The highest BCUT2D eigenvalue weighted by atomic mass is 16.3. The average molecular weight is 1130 g/mol. The first-order chi connectivity index (χ1) is 40.7. The van der Waals surface area contributed by atoms with Crippen LogP contribution in [0.5, 0.6) is 0 Å². The SMILES string of the molecule is CC/C=C\C/C=C\C/C=C\C/C=C\C/C=C\C/C=C\C/C=C\C/C=C\C/C=C\C/C=C\CCCCCCCCCCC(=O)NC(CO)C(O)/C=C/CCCCCCCCCCCCCCCCCCCCCCCCCCCCCCC. The molecule has 0 spiro atoms. The van der Waals surface area contributed by atoms with E-state index in [0.717, 1.165) is 103 Å². The van der Waals surface area contributed by atoms with Crippen molar-refractivity contribution in [1.29, 1.82) is 0 Å². The zero-order chi connectivity index (χ0) is 59.1. The van der Waals surface area contributed by atoms with Crippen LogP contribution in [0.15, 0.2) is 134 Å². The van der Waals surface area contributed by atoms with Gasteiger partial charge in [-0.3, -0.25) is 4.79 Å². The van der Waals surface area contributed by atoms with Crippen LogP contribution in [0.1, 0.15) is 335 Å². The molecular formula is C78H135NO3. The maximum atomic E-state index is 12.5. The highest BCUT2D eigenvalue weighted by Gasteiger charge is 2.18. The van der Waals surface area contributed by atoms with Crippen molar-refractivity contribution in [2.45, 2.75) is 347 Å². The van der Waals surface area contributed by atoms with Crippen LogP contribution < -0.4 is 5.32 Å². The number of carbonyl (C=O) groups is 1. The summed E-state index contributed by atoms with van der Waals surface area (Å²) in [6, 6.07) is -0.638. The van der Waals surface area contributed by atoms with Crippen molar-refractivity contribution in [2.24, 2.45) is 0 Å². The van der Waals surface area contributed by atoms with E-state index in [9.17, 15) is 15.0 Å². The predicted molar refractivity (Wildman–Crippen MR) is 368 cm³/mol. The topological polar surface area (TPSA) is 69.6 Å². The number of allylic oxidation sites excluding steroid dienone is 21. The van der Waals surface area contributed by atoms with Gasteiger partial charge < -0.3 is 15.5 Å². The molecule has 0 heterocycles. The van der Waals surface area contributed by atoms with Crippen molar-refractivity contribution in [2.75, 3.05) is 6.61 Å². The lowest BCUT2D eigenvalue weighted by atomic mass is 10.0. The third kappa shape index (κ3) is 67.3. The Hall–Kier alpha value is -3.47. The van der Waals surface area contributed by atoms with E-state index in [4.69, 9.17) is 0 Å². The first kappa shape index (κ1) is 78.5. The Morgan fingerprint density at radius 1 is 0.305 bits per heavy atom. The summed E-state index contributed by atoms with van der Waals surface area (Å²) in [6.45, 7) is 4.21. The quantitative estimate of drug-likeness (QED) is 0.0420. The number of unbranched alkanes of at least 4 members (excludes halogenated alkanes) is 37. The summed E-state index contributed by atoms with van der Waals surface area (Å²) in [4.78, 5) is 12.5. The third-order valence-corrected chi connectivity index (χ3v) is 15.6.